The Morgan fingerprint density at radius 2 is 1.81 bits per heavy atom. The van der Waals surface area contributed by atoms with Gasteiger partial charge in [-0.3, -0.25) is 9.59 Å². The Morgan fingerprint density at radius 3 is 2.48 bits per heavy atom. The third-order valence-electron chi connectivity index (χ3n) is 3.85. The van der Waals surface area contributed by atoms with Crippen LogP contribution in [0, 0.1) is 5.92 Å². The minimum atomic E-state index is -0.762. The quantitative estimate of drug-likeness (QED) is 0.691. The van der Waals surface area contributed by atoms with Crippen LogP contribution in [0.15, 0.2) is 42.5 Å². The van der Waals surface area contributed by atoms with E-state index in [-0.39, 0.29) is 17.7 Å². The van der Waals surface area contributed by atoms with Gasteiger partial charge < -0.3 is 15.4 Å². The minimum absolute atomic E-state index is 0.147. The predicted molar refractivity (Wildman–Crippen MR) is 109 cm³/mol. The number of anilines is 1. The second kappa shape index (κ2) is 9.62. The Bertz CT molecular complexity index is 825. The summed E-state index contributed by atoms with van der Waals surface area (Å²) >= 11 is 12.1. The number of hydrogen-bond donors (Lipinski definition) is 2. The molecule has 7 heteroatoms. The monoisotopic (exact) mass is 408 g/mol. The van der Waals surface area contributed by atoms with Crippen molar-refractivity contribution in [2.45, 2.75) is 26.8 Å². The number of rotatable bonds is 7. The van der Waals surface area contributed by atoms with Gasteiger partial charge >= 0.3 is 0 Å². The van der Waals surface area contributed by atoms with Crippen LogP contribution in [-0.2, 0) is 4.79 Å². The van der Waals surface area contributed by atoms with E-state index in [1.165, 1.54) is 0 Å². The highest BCUT2D eigenvalue weighted by Gasteiger charge is 2.26. The molecule has 2 N–H and O–H groups in total. The highest BCUT2D eigenvalue weighted by molar-refractivity contribution is 6.35. The molecular weight excluding hydrogens is 387 g/mol. The lowest BCUT2D eigenvalue weighted by Gasteiger charge is -2.22. The van der Waals surface area contributed by atoms with Crippen LogP contribution < -0.4 is 15.4 Å². The Kier molecular flexibility index (Phi) is 7.51. The Labute approximate surface area is 169 Å². The minimum Gasteiger partial charge on any atom is -0.493 e. The van der Waals surface area contributed by atoms with E-state index in [1.54, 1.807) is 42.5 Å². The van der Waals surface area contributed by atoms with Gasteiger partial charge in [0.2, 0.25) is 5.91 Å². The zero-order valence-electron chi connectivity index (χ0n) is 15.4. The number of hydrogen-bond acceptors (Lipinski definition) is 3. The predicted octanol–water partition coefficient (Wildman–Crippen LogP) is 4.79. The number of para-hydroxylation sites is 1. The highest BCUT2D eigenvalue weighted by atomic mass is 35.5. The largest absolute Gasteiger partial charge is 0.493 e. The topological polar surface area (TPSA) is 67.4 Å². The molecule has 2 rings (SSSR count). The summed E-state index contributed by atoms with van der Waals surface area (Å²) in [5.74, 6) is -0.439. The second-order valence-electron chi connectivity index (χ2n) is 6.24. The van der Waals surface area contributed by atoms with Gasteiger partial charge in [0.25, 0.3) is 5.91 Å². The maximum absolute atomic E-state index is 12.7. The van der Waals surface area contributed by atoms with Crippen molar-refractivity contribution in [1.82, 2.24) is 5.32 Å². The Balaban J connectivity index is 2.19. The van der Waals surface area contributed by atoms with Crippen LogP contribution in [0.1, 0.15) is 31.1 Å². The number of amides is 2. The maximum atomic E-state index is 12.7. The molecule has 0 aliphatic carbocycles. The molecule has 2 aromatic rings. The molecule has 5 nitrogen and oxygen atoms in total. The molecule has 2 amide bonds. The van der Waals surface area contributed by atoms with E-state index in [0.29, 0.717) is 33.7 Å². The number of nitrogens with one attached hydrogen (secondary N) is 2. The third kappa shape index (κ3) is 5.62. The lowest BCUT2D eigenvalue weighted by atomic mass is 10.0. The molecule has 1 atom stereocenters. The molecular formula is C20H22Cl2N2O3. The highest BCUT2D eigenvalue weighted by Crippen LogP contribution is 2.26. The molecule has 0 aromatic heterocycles. The fourth-order valence-corrected chi connectivity index (χ4v) is 2.83. The molecule has 2 aromatic carbocycles. The van der Waals surface area contributed by atoms with Crippen LogP contribution in [0.4, 0.5) is 5.69 Å². The maximum Gasteiger partial charge on any atom is 0.255 e. The van der Waals surface area contributed by atoms with Crippen LogP contribution in [0.2, 0.25) is 10.0 Å². The van der Waals surface area contributed by atoms with Gasteiger partial charge in [0.05, 0.1) is 22.9 Å². The summed E-state index contributed by atoms with van der Waals surface area (Å²) in [6.45, 7) is 5.97. The first-order valence-electron chi connectivity index (χ1n) is 8.62. The van der Waals surface area contributed by atoms with Crippen LogP contribution in [-0.4, -0.2) is 24.5 Å². The molecule has 0 fully saturated rings. The number of benzene rings is 2. The van der Waals surface area contributed by atoms with E-state index in [2.05, 4.69) is 10.6 Å². The van der Waals surface area contributed by atoms with E-state index in [0.717, 1.165) is 0 Å². The van der Waals surface area contributed by atoms with Crippen molar-refractivity contribution < 1.29 is 14.3 Å². The molecule has 0 saturated heterocycles. The average Bonchev–Trinajstić information content (AvgIpc) is 2.63. The van der Waals surface area contributed by atoms with Crippen molar-refractivity contribution in [3.8, 4) is 5.75 Å². The molecule has 0 spiro atoms. The second-order valence-corrected chi connectivity index (χ2v) is 7.08. The van der Waals surface area contributed by atoms with E-state index < -0.39 is 6.04 Å². The van der Waals surface area contributed by atoms with E-state index in [9.17, 15) is 9.59 Å². The summed E-state index contributed by atoms with van der Waals surface area (Å²) in [6, 6.07) is 10.9. The molecule has 144 valence electrons. The zero-order valence-corrected chi connectivity index (χ0v) is 16.9. The zero-order chi connectivity index (χ0) is 20.0. The molecule has 0 saturated carbocycles. The summed E-state index contributed by atoms with van der Waals surface area (Å²) in [7, 11) is 0. The van der Waals surface area contributed by atoms with Gasteiger partial charge in [0, 0.05) is 5.02 Å². The van der Waals surface area contributed by atoms with Gasteiger partial charge in [-0.2, -0.15) is 0 Å². The fraction of sp³-hybridized carbons (Fsp3) is 0.300. The third-order valence-corrected chi connectivity index (χ3v) is 4.42. The summed E-state index contributed by atoms with van der Waals surface area (Å²) < 4.78 is 5.49. The first-order valence-corrected chi connectivity index (χ1v) is 9.37. The van der Waals surface area contributed by atoms with Crippen molar-refractivity contribution in [1.29, 1.82) is 0 Å². The first-order chi connectivity index (χ1) is 12.8. The SMILES string of the molecule is CCOc1ccccc1C(=O)N[C@H](C(=O)Nc1cc(Cl)ccc1Cl)C(C)C. The van der Waals surface area contributed by atoms with Crippen molar-refractivity contribution in [2.75, 3.05) is 11.9 Å². The van der Waals surface area contributed by atoms with Gasteiger partial charge in [-0.25, -0.2) is 0 Å². The van der Waals surface area contributed by atoms with Crippen LogP contribution in [0.3, 0.4) is 0 Å². The standard InChI is InChI=1S/C20H22Cl2N2O3/c1-4-27-17-8-6-5-7-14(17)19(25)24-18(12(2)3)20(26)23-16-11-13(21)9-10-15(16)22/h5-12,18H,4H2,1-3H3,(H,23,26)(H,24,25)/t18-/m0/s1. The molecule has 0 aliphatic heterocycles. The Hall–Kier alpha value is -2.24. The van der Waals surface area contributed by atoms with E-state index in [1.807, 2.05) is 20.8 Å². The molecule has 0 unspecified atom stereocenters. The normalized spacial score (nSPS) is 11.8. The van der Waals surface area contributed by atoms with Crippen LogP contribution in [0.5, 0.6) is 5.75 Å². The van der Waals surface area contributed by atoms with Gasteiger partial charge in [-0.1, -0.05) is 49.2 Å². The smallest absolute Gasteiger partial charge is 0.255 e. The van der Waals surface area contributed by atoms with Crippen LogP contribution >= 0.6 is 23.2 Å². The molecule has 0 radical (unpaired) electrons. The van der Waals surface area contributed by atoms with E-state index >= 15 is 0 Å². The van der Waals surface area contributed by atoms with Gasteiger partial charge in [0.15, 0.2) is 0 Å². The van der Waals surface area contributed by atoms with Gasteiger partial charge in [-0.05, 0) is 43.2 Å². The fourth-order valence-electron chi connectivity index (χ4n) is 2.49. The Morgan fingerprint density at radius 1 is 1.11 bits per heavy atom. The lowest BCUT2D eigenvalue weighted by Crippen LogP contribution is -2.47. The average molecular weight is 409 g/mol. The van der Waals surface area contributed by atoms with Crippen LogP contribution in [0.25, 0.3) is 0 Å². The van der Waals surface area contributed by atoms with Crippen molar-refractivity contribution in [2.24, 2.45) is 5.92 Å². The molecule has 0 aliphatic rings. The lowest BCUT2D eigenvalue weighted by molar-refractivity contribution is -0.118. The van der Waals surface area contributed by atoms with E-state index in [4.69, 9.17) is 27.9 Å². The summed E-state index contributed by atoms with van der Waals surface area (Å²) in [5.41, 5.74) is 0.766. The summed E-state index contributed by atoms with van der Waals surface area (Å²) in [6.07, 6.45) is 0. The van der Waals surface area contributed by atoms with Crippen molar-refractivity contribution in [3.05, 3.63) is 58.1 Å². The summed E-state index contributed by atoms with van der Waals surface area (Å²) in [4.78, 5) is 25.5. The number of carbonyl (C=O) groups is 2. The number of halogens is 2. The van der Waals surface area contributed by atoms with Gasteiger partial charge in [-0.15, -0.1) is 0 Å². The first kappa shape index (κ1) is 21.1. The number of ether oxygens (including phenoxy) is 1. The number of carbonyl (C=O) groups excluding carboxylic acids is 2. The van der Waals surface area contributed by atoms with Gasteiger partial charge in [0.1, 0.15) is 11.8 Å². The van der Waals surface area contributed by atoms with Crippen molar-refractivity contribution in [3.63, 3.8) is 0 Å². The van der Waals surface area contributed by atoms with Crippen molar-refractivity contribution >= 4 is 40.7 Å². The summed E-state index contributed by atoms with van der Waals surface area (Å²) in [5, 5.41) is 6.32. The molecule has 0 bridgehead atoms. The molecule has 27 heavy (non-hydrogen) atoms. The molecule has 0 heterocycles.